The Morgan fingerprint density at radius 3 is 2.00 bits per heavy atom. The molecule has 0 aliphatic carbocycles. The van der Waals surface area contributed by atoms with Crippen LogP contribution in [0.4, 0.5) is 0 Å². The third-order valence-corrected chi connectivity index (χ3v) is 10.6. The lowest BCUT2D eigenvalue weighted by molar-refractivity contribution is -0.0755. The Bertz CT molecular complexity index is 812. The zero-order chi connectivity index (χ0) is 24.3. The molecule has 0 aromatic heterocycles. The van der Waals surface area contributed by atoms with E-state index in [0.29, 0.717) is 32.7 Å². The number of rotatable bonds is 14. The summed E-state index contributed by atoms with van der Waals surface area (Å²) in [6.45, 7) is 2.00. The molecule has 8 nitrogen and oxygen atoms in total. The fraction of sp³-hybridized carbons (Fsp3) is 0.520. The predicted octanol–water partition coefficient (Wildman–Crippen LogP) is 3.85. The first-order valence-corrected chi connectivity index (χ1v) is 14.4. The van der Waals surface area contributed by atoms with E-state index in [2.05, 4.69) is 24.3 Å². The van der Waals surface area contributed by atoms with Gasteiger partial charge in [-0.1, -0.05) is 60.7 Å². The normalized spacial score (nSPS) is 22.0. The van der Waals surface area contributed by atoms with E-state index in [1.807, 2.05) is 36.4 Å². The molecule has 2 fully saturated rings. The molecule has 2 saturated heterocycles. The second kappa shape index (κ2) is 14.1. The van der Waals surface area contributed by atoms with Gasteiger partial charge in [0.05, 0.1) is 46.2 Å². The summed E-state index contributed by atoms with van der Waals surface area (Å²) in [6, 6.07) is 20.6. The Balaban J connectivity index is 1.72. The molecule has 0 spiro atoms. The Morgan fingerprint density at radius 1 is 0.829 bits per heavy atom. The van der Waals surface area contributed by atoms with Gasteiger partial charge in [0.25, 0.3) is 0 Å². The van der Waals surface area contributed by atoms with Crippen molar-refractivity contribution in [2.75, 3.05) is 52.9 Å². The molecule has 3 atom stereocenters. The molecule has 2 heterocycles. The van der Waals surface area contributed by atoms with Crippen LogP contribution in [0.1, 0.15) is 11.1 Å². The van der Waals surface area contributed by atoms with Gasteiger partial charge in [-0.2, -0.15) is 0 Å². The molecular weight excluding hydrogens is 490 g/mol. The first kappa shape index (κ1) is 27.0. The van der Waals surface area contributed by atoms with Crippen LogP contribution in [-0.4, -0.2) is 74.8 Å². The molecule has 0 radical (unpaired) electrons. The molecule has 192 valence electrons. The highest BCUT2D eigenvalue weighted by Gasteiger charge is 2.54. The Labute approximate surface area is 209 Å². The Hall–Kier alpha value is -1.02. The fourth-order valence-corrected chi connectivity index (χ4v) is 9.02. The molecular formula is C25H34O8P2. The molecule has 0 amide bonds. The molecule has 0 bridgehead atoms. The minimum atomic E-state index is -1.45. The van der Waals surface area contributed by atoms with Gasteiger partial charge in [0.15, 0.2) is 23.0 Å². The highest BCUT2D eigenvalue weighted by Crippen LogP contribution is 2.70. The smallest absolute Gasteiger partial charge is 0.187 e. The second-order valence-corrected chi connectivity index (χ2v) is 12.1. The van der Waals surface area contributed by atoms with Gasteiger partial charge in [-0.3, -0.25) is 0 Å². The van der Waals surface area contributed by atoms with E-state index in [0.717, 1.165) is 11.1 Å². The maximum Gasteiger partial charge on any atom is 0.187 e. The molecule has 2 aromatic carbocycles. The SMILES string of the molecule is OCCOCC(Cc1ccccc1)(Cc1ccccc1)C(P1OCCO1)P1OCC(OCCO)O1. The summed E-state index contributed by atoms with van der Waals surface area (Å²) >= 11 is 0. The number of hydrogen-bond donors (Lipinski definition) is 2. The van der Waals surface area contributed by atoms with Crippen LogP contribution >= 0.6 is 16.8 Å². The number of aliphatic hydroxyl groups excluding tert-OH is 2. The van der Waals surface area contributed by atoms with Gasteiger partial charge in [-0.15, -0.1) is 0 Å². The number of ether oxygens (including phenoxy) is 2. The molecule has 2 aromatic rings. The topological polar surface area (TPSA) is 95.8 Å². The lowest BCUT2D eigenvalue weighted by Gasteiger charge is -2.43. The summed E-state index contributed by atoms with van der Waals surface area (Å²) in [5, 5.41) is 18.4. The van der Waals surface area contributed by atoms with Crippen molar-refractivity contribution in [1.82, 2.24) is 0 Å². The lowest BCUT2D eigenvalue weighted by Crippen LogP contribution is -2.42. The summed E-state index contributed by atoms with van der Waals surface area (Å²) in [7, 11) is -2.77. The first-order valence-electron chi connectivity index (χ1n) is 11.9. The van der Waals surface area contributed by atoms with Crippen LogP contribution in [0.2, 0.25) is 0 Å². The average Bonchev–Trinajstić information content (AvgIpc) is 3.57. The van der Waals surface area contributed by atoms with Crippen molar-refractivity contribution in [2.45, 2.75) is 24.5 Å². The Morgan fingerprint density at radius 2 is 1.43 bits per heavy atom. The molecule has 2 aliphatic heterocycles. The van der Waals surface area contributed by atoms with Crippen molar-refractivity contribution in [2.24, 2.45) is 5.41 Å². The number of aliphatic hydroxyl groups is 2. The minimum Gasteiger partial charge on any atom is -0.394 e. The van der Waals surface area contributed by atoms with Gasteiger partial charge in [0.1, 0.15) is 12.0 Å². The summed E-state index contributed by atoms with van der Waals surface area (Å²) in [5.74, 6) is 0. The highest BCUT2D eigenvalue weighted by molar-refractivity contribution is 7.66. The monoisotopic (exact) mass is 524 g/mol. The maximum absolute atomic E-state index is 9.47. The van der Waals surface area contributed by atoms with E-state index < -0.39 is 28.5 Å². The fourth-order valence-electron chi connectivity index (χ4n) is 4.43. The van der Waals surface area contributed by atoms with Crippen molar-refractivity contribution in [3.8, 4) is 0 Å². The van der Waals surface area contributed by atoms with Gasteiger partial charge in [0, 0.05) is 5.41 Å². The zero-order valence-electron chi connectivity index (χ0n) is 19.7. The van der Waals surface area contributed by atoms with Crippen LogP contribution in [0.5, 0.6) is 0 Å². The summed E-state index contributed by atoms with van der Waals surface area (Å²) in [6.07, 6.45) is 0.841. The Kier molecular flexibility index (Phi) is 10.9. The summed E-state index contributed by atoms with van der Waals surface area (Å²) in [4.78, 5) is 0. The molecule has 4 rings (SSSR count). The summed E-state index contributed by atoms with van der Waals surface area (Å²) < 4.78 is 36.5. The van der Waals surface area contributed by atoms with Crippen molar-refractivity contribution >= 4 is 16.8 Å². The third kappa shape index (κ3) is 7.50. The standard InChI is InChI=1S/C25H34O8P2/c26-11-13-28-20-25(17-21-7-3-1-4-8-21,18-22-9-5-2-6-10-22)24(34-30-15-16-31-34)35-32-19-23(33-35)29-14-12-27/h1-10,23-24,26-27H,11-20H2. The van der Waals surface area contributed by atoms with E-state index >= 15 is 0 Å². The highest BCUT2D eigenvalue weighted by atomic mass is 31.2. The van der Waals surface area contributed by atoms with Crippen molar-refractivity contribution in [3.63, 3.8) is 0 Å². The van der Waals surface area contributed by atoms with E-state index in [1.54, 1.807) is 0 Å². The molecule has 2 N–H and O–H groups in total. The first-order chi connectivity index (χ1) is 17.2. The van der Waals surface area contributed by atoms with E-state index in [-0.39, 0.29) is 38.4 Å². The van der Waals surface area contributed by atoms with Crippen molar-refractivity contribution in [1.29, 1.82) is 0 Å². The second-order valence-electron chi connectivity index (χ2n) is 8.50. The summed E-state index contributed by atoms with van der Waals surface area (Å²) in [5.41, 5.74) is 1.83. The molecule has 10 heteroatoms. The third-order valence-electron chi connectivity index (χ3n) is 5.85. The molecule has 35 heavy (non-hydrogen) atoms. The van der Waals surface area contributed by atoms with Crippen LogP contribution < -0.4 is 0 Å². The van der Waals surface area contributed by atoms with Crippen LogP contribution in [0.3, 0.4) is 0 Å². The maximum atomic E-state index is 9.47. The zero-order valence-corrected chi connectivity index (χ0v) is 21.5. The van der Waals surface area contributed by atoms with Gasteiger partial charge >= 0.3 is 0 Å². The van der Waals surface area contributed by atoms with Gasteiger partial charge in [-0.05, 0) is 24.0 Å². The number of benzene rings is 2. The van der Waals surface area contributed by atoms with Crippen molar-refractivity contribution in [3.05, 3.63) is 71.8 Å². The lowest BCUT2D eigenvalue weighted by atomic mass is 9.78. The van der Waals surface area contributed by atoms with E-state index in [1.165, 1.54) is 0 Å². The minimum absolute atomic E-state index is 0.0575. The van der Waals surface area contributed by atoms with E-state index in [9.17, 15) is 5.11 Å². The van der Waals surface area contributed by atoms with Crippen LogP contribution in [0.15, 0.2) is 60.7 Å². The van der Waals surface area contributed by atoms with Gasteiger partial charge in [-0.25, -0.2) is 0 Å². The van der Waals surface area contributed by atoms with Gasteiger partial charge < -0.3 is 37.8 Å². The quantitative estimate of drug-likeness (QED) is 0.284. The van der Waals surface area contributed by atoms with Crippen LogP contribution in [-0.2, 0) is 40.4 Å². The predicted molar refractivity (Wildman–Crippen MR) is 134 cm³/mol. The van der Waals surface area contributed by atoms with E-state index in [4.69, 9.17) is 32.7 Å². The molecule has 0 saturated carbocycles. The van der Waals surface area contributed by atoms with Gasteiger partial charge in [0.2, 0.25) is 0 Å². The largest absolute Gasteiger partial charge is 0.394 e. The number of hydrogen-bond acceptors (Lipinski definition) is 8. The molecule has 3 unspecified atom stereocenters. The van der Waals surface area contributed by atoms with Crippen LogP contribution in [0.25, 0.3) is 0 Å². The van der Waals surface area contributed by atoms with Crippen LogP contribution in [0, 0.1) is 5.41 Å². The van der Waals surface area contributed by atoms with Crippen molar-refractivity contribution < 1.29 is 37.8 Å². The average molecular weight is 524 g/mol. The molecule has 2 aliphatic rings.